The third-order valence-corrected chi connectivity index (χ3v) is 2.21. The van der Waals surface area contributed by atoms with Crippen LogP contribution in [0.4, 0.5) is 8.78 Å². The summed E-state index contributed by atoms with van der Waals surface area (Å²) in [5, 5.41) is 0.172. The highest BCUT2D eigenvalue weighted by atomic mass is 19.2. The van der Waals surface area contributed by atoms with Gasteiger partial charge in [-0.2, -0.15) is 8.78 Å². The van der Waals surface area contributed by atoms with Gasteiger partial charge in [0.2, 0.25) is 5.82 Å². The lowest BCUT2D eigenvalue weighted by Gasteiger charge is -2.04. The fourth-order valence-corrected chi connectivity index (χ4v) is 1.58. The Bertz CT molecular complexity index is 491. The molecule has 1 unspecified atom stereocenters. The van der Waals surface area contributed by atoms with Gasteiger partial charge in [-0.1, -0.05) is 6.07 Å². The minimum absolute atomic E-state index is 0.0118. The minimum atomic E-state index is -1.16. The number of hydrogen-bond acceptors (Lipinski definition) is 2. The number of halogens is 2. The van der Waals surface area contributed by atoms with Crippen molar-refractivity contribution < 1.29 is 13.2 Å². The minimum Gasteiger partial charge on any atom is -0.429 e. The van der Waals surface area contributed by atoms with Gasteiger partial charge in [0, 0.05) is 6.04 Å². The van der Waals surface area contributed by atoms with Gasteiger partial charge in [-0.05, 0) is 31.0 Å². The van der Waals surface area contributed by atoms with Crippen molar-refractivity contribution in [3.8, 4) is 0 Å². The fourth-order valence-electron chi connectivity index (χ4n) is 1.58. The van der Waals surface area contributed by atoms with E-state index in [1.54, 1.807) is 18.2 Å². The highest BCUT2D eigenvalue weighted by molar-refractivity contribution is 5.78. The molecule has 0 spiro atoms. The monoisotopic (exact) mass is 211 g/mol. The van der Waals surface area contributed by atoms with Gasteiger partial charge in [-0.15, -0.1) is 0 Å². The van der Waals surface area contributed by atoms with Crippen molar-refractivity contribution in [3.05, 3.63) is 35.6 Å². The molecule has 0 bridgehead atoms. The van der Waals surface area contributed by atoms with Crippen LogP contribution in [-0.4, -0.2) is 6.04 Å². The Balaban J connectivity index is 2.49. The molecule has 0 fully saturated rings. The van der Waals surface area contributed by atoms with E-state index in [1.807, 2.05) is 6.92 Å². The van der Waals surface area contributed by atoms with Crippen molar-refractivity contribution in [3.63, 3.8) is 0 Å². The molecule has 2 rings (SSSR count). The smallest absolute Gasteiger partial charge is 0.315 e. The van der Waals surface area contributed by atoms with Gasteiger partial charge in [0.05, 0.1) is 5.39 Å². The van der Waals surface area contributed by atoms with Crippen LogP contribution in [-0.2, 0) is 6.42 Å². The number of furan rings is 1. The second-order valence-corrected chi connectivity index (χ2v) is 3.70. The van der Waals surface area contributed by atoms with Crippen LogP contribution >= 0.6 is 0 Å². The first-order valence-electron chi connectivity index (χ1n) is 4.70. The molecule has 2 N–H and O–H groups in total. The quantitative estimate of drug-likeness (QED) is 0.829. The average Bonchev–Trinajstić information content (AvgIpc) is 2.43. The summed E-state index contributed by atoms with van der Waals surface area (Å²) in [4.78, 5) is 0. The lowest BCUT2D eigenvalue weighted by molar-refractivity contribution is 0.343. The molecule has 1 aromatic heterocycles. The molecule has 0 saturated heterocycles. The SMILES string of the molecule is CC(N)Cc1ccc2oc(F)c(F)c2c1. The van der Waals surface area contributed by atoms with E-state index >= 15 is 0 Å². The van der Waals surface area contributed by atoms with E-state index in [2.05, 4.69) is 4.42 Å². The molecule has 0 aliphatic rings. The predicted octanol–water partition coefficient (Wildman–Crippen LogP) is 2.60. The maximum absolute atomic E-state index is 13.2. The summed E-state index contributed by atoms with van der Waals surface area (Å²) in [6.07, 6.45) is 0.627. The van der Waals surface area contributed by atoms with E-state index in [0.29, 0.717) is 6.42 Å². The Morgan fingerprint density at radius 2 is 2.13 bits per heavy atom. The van der Waals surface area contributed by atoms with Crippen LogP contribution in [0, 0.1) is 11.8 Å². The van der Waals surface area contributed by atoms with Crippen LogP contribution in [0.3, 0.4) is 0 Å². The number of nitrogens with two attached hydrogens (primary N) is 1. The molecule has 2 nitrogen and oxygen atoms in total. The molecule has 80 valence electrons. The molecule has 0 amide bonds. The number of hydrogen-bond donors (Lipinski definition) is 1. The van der Waals surface area contributed by atoms with Crippen molar-refractivity contribution >= 4 is 11.0 Å². The van der Waals surface area contributed by atoms with Gasteiger partial charge in [0.15, 0.2) is 0 Å². The van der Waals surface area contributed by atoms with Gasteiger partial charge in [-0.3, -0.25) is 0 Å². The average molecular weight is 211 g/mol. The van der Waals surface area contributed by atoms with Crippen LogP contribution < -0.4 is 5.73 Å². The van der Waals surface area contributed by atoms with Gasteiger partial charge in [0.1, 0.15) is 5.58 Å². The Hall–Kier alpha value is -1.42. The van der Waals surface area contributed by atoms with Crippen molar-refractivity contribution in [1.29, 1.82) is 0 Å². The molecule has 0 radical (unpaired) electrons. The van der Waals surface area contributed by atoms with Gasteiger partial charge in [0.25, 0.3) is 0 Å². The van der Waals surface area contributed by atoms with E-state index < -0.39 is 11.8 Å². The maximum Gasteiger partial charge on any atom is 0.315 e. The van der Waals surface area contributed by atoms with Gasteiger partial charge < -0.3 is 10.2 Å². The Labute approximate surface area is 85.7 Å². The number of rotatable bonds is 2. The molecule has 0 aliphatic carbocycles. The first-order chi connectivity index (χ1) is 7.08. The van der Waals surface area contributed by atoms with Crippen LogP contribution in [0.1, 0.15) is 12.5 Å². The molecule has 1 aromatic carbocycles. The third kappa shape index (κ3) is 1.85. The fraction of sp³-hybridized carbons (Fsp3) is 0.273. The zero-order valence-corrected chi connectivity index (χ0v) is 8.26. The molecule has 4 heteroatoms. The third-order valence-electron chi connectivity index (χ3n) is 2.21. The van der Waals surface area contributed by atoms with E-state index in [9.17, 15) is 8.78 Å². The van der Waals surface area contributed by atoms with Crippen molar-refractivity contribution in [1.82, 2.24) is 0 Å². The molecular weight excluding hydrogens is 200 g/mol. The topological polar surface area (TPSA) is 39.2 Å². The number of benzene rings is 1. The standard InChI is InChI=1S/C11H11F2NO/c1-6(14)4-7-2-3-9-8(5-7)10(12)11(13)15-9/h2-3,5-6H,4,14H2,1H3. The Morgan fingerprint density at radius 1 is 1.40 bits per heavy atom. The molecule has 0 aliphatic heterocycles. The zero-order valence-electron chi connectivity index (χ0n) is 8.26. The summed E-state index contributed by atoms with van der Waals surface area (Å²) in [6.45, 7) is 1.86. The van der Waals surface area contributed by atoms with E-state index in [0.717, 1.165) is 5.56 Å². The summed E-state index contributed by atoms with van der Waals surface area (Å²) < 4.78 is 30.5. The van der Waals surface area contributed by atoms with Crippen molar-refractivity contribution in [2.24, 2.45) is 5.73 Å². The highest BCUT2D eigenvalue weighted by Gasteiger charge is 2.13. The highest BCUT2D eigenvalue weighted by Crippen LogP contribution is 2.24. The first-order valence-corrected chi connectivity index (χ1v) is 4.70. The largest absolute Gasteiger partial charge is 0.429 e. The molecule has 2 aromatic rings. The summed E-state index contributed by atoms with van der Waals surface area (Å²) in [7, 11) is 0. The van der Waals surface area contributed by atoms with E-state index in [1.165, 1.54) is 0 Å². The molecule has 1 heterocycles. The van der Waals surface area contributed by atoms with E-state index in [-0.39, 0.29) is 17.0 Å². The van der Waals surface area contributed by atoms with Crippen LogP contribution in [0.25, 0.3) is 11.0 Å². The lowest BCUT2D eigenvalue weighted by Crippen LogP contribution is -2.17. The number of fused-ring (bicyclic) bond motifs is 1. The molecule has 1 atom stereocenters. The summed E-state index contributed by atoms with van der Waals surface area (Å²) in [6, 6.07) is 3.71. The second-order valence-electron chi connectivity index (χ2n) is 3.70. The summed E-state index contributed by atoms with van der Waals surface area (Å²) in [5.74, 6) is -0.934. The summed E-state index contributed by atoms with van der Waals surface area (Å²) >= 11 is 0. The molecule has 0 saturated carbocycles. The maximum atomic E-state index is 13.2. The van der Waals surface area contributed by atoms with Crippen molar-refractivity contribution in [2.45, 2.75) is 19.4 Å². The van der Waals surface area contributed by atoms with Gasteiger partial charge in [-0.25, -0.2) is 0 Å². The van der Waals surface area contributed by atoms with E-state index in [4.69, 9.17) is 5.73 Å². The van der Waals surface area contributed by atoms with Gasteiger partial charge >= 0.3 is 6.01 Å². The second kappa shape index (κ2) is 3.62. The van der Waals surface area contributed by atoms with Crippen LogP contribution in [0.15, 0.2) is 22.6 Å². The molecular formula is C11H11F2NO. The lowest BCUT2D eigenvalue weighted by atomic mass is 10.1. The Kier molecular flexibility index (Phi) is 2.44. The van der Waals surface area contributed by atoms with Crippen LogP contribution in [0.5, 0.6) is 0 Å². The predicted molar refractivity (Wildman–Crippen MR) is 53.5 cm³/mol. The van der Waals surface area contributed by atoms with Crippen molar-refractivity contribution in [2.75, 3.05) is 0 Å². The van der Waals surface area contributed by atoms with Crippen LogP contribution in [0.2, 0.25) is 0 Å². The zero-order chi connectivity index (χ0) is 11.0. The molecule has 15 heavy (non-hydrogen) atoms. The summed E-state index contributed by atoms with van der Waals surface area (Å²) in [5.41, 5.74) is 6.71. The Morgan fingerprint density at radius 3 is 2.80 bits per heavy atom. The normalized spacial score (nSPS) is 13.3. The first kappa shape index (κ1) is 10.1.